The van der Waals surface area contributed by atoms with E-state index < -0.39 is 5.97 Å². The Morgan fingerprint density at radius 2 is 1.31 bits per heavy atom. The quantitative estimate of drug-likeness (QED) is 0.142. The van der Waals surface area contributed by atoms with Crippen molar-refractivity contribution in [1.82, 2.24) is 30.0 Å². The Morgan fingerprint density at radius 3 is 1.83 bits per heavy atom. The first kappa shape index (κ1) is 26.7. The normalized spacial score (nSPS) is 11.3. The topological polar surface area (TPSA) is 128 Å². The van der Waals surface area contributed by atoms with Crippen molar-refractivity contribution in [3.63, 3.8) is 0 Å². The van der Waals surface area contributed by atoms with Crippen LogP contribution in [0.1, 0.15) is 28.7 Å². The van der Waals surface area contributed by atoms with Crippen molar-refractivity contribution in [1.29, 1.82) is 0 Å². The number of benzene rings is 4. The summed E-state index contributed by atoms with van der Waals surface area (Å²) in [5.41, 5.74) is 6.65. The highest BCUT2D eigenvalue weighted by Crippen LogP contribution is 2.35. The molecule has 2 N–H and O–H groups in total. The van der Waals surface area contributed by atoms with Crippen LogP contribution in [0.25, 0.3) is 33.4 Å². The molecule has 0 amide bonds. The van der Waals surface area contributed by atoms with E-state index >= 15 is 0 Å². The number of esters is 1. The molecule has 10 nitrogen and oxygen atoms in total. The standard InChI is InChI=1S/C32H28N6O4/c1-3-30(39)42-14-8-9-21-17-23(32(41)29(18-21)38-35-26-12-6-7-13-27(26)36-38)19-22-15-20(2)16-28(31(22)40)37-33-24-10-4-5-11-25(24)34-37/h3-7,10-13,15-18,40-41H,1,8-9,14,19H2,2H3. The van der Waals surface area contributed by atoms with Gasteiger partial charge in [-0.1, -0.05) is 43.0 Å². The van der Waals surface area contributed by atoms with Crippen molar-refractivity contribution in [3.05, 3.63) is 108 Å². The van der Waals surface area contributed by atoms with Crippen LogP contribution in [-0.2, 0) is 22.4 Å². The Labute approximate surface area is 241 Å². The van der Waals surface area contributed by atoms with E-state index in [1.165, 1.54) is 9.59 Å². The highest BCUT2D eigenvalue weighted by atomic mass is 16.5. The van der Waals surface area contributed by atoms with Gasteiger partial charge in [0.2, 0.25) is 0 Å². The fraction of sp³-hybridized carbons (Fsp3) is 0.156. The lowest BCUT2D eigenvalue weighted by atomic mass is 9.96. The zero-order valence-corrected chi connectivity index (χ0v) is 22.9. The van der Waals surface area contributed by atoms with Crippen LogP contribution in [0, 0.1) is 6.92 Å². The first-order valence-corrected chi connectivity index (χ1v) is 13.5. The van der Waals surface area contributed by atoms with Crippen LogP contribution in [0.15, 0.2) is 85.5 Å². The molecule has 0 radical (unpaired) electrons. The molecule has 0 aliphatic heterocycles. The monoisotopic (exact) mass is 560 g/mol. The van der Waals surface area contributed by atoms with Gasteiger partial charge in [-0.3, -0.25) is 0 Å². The molecule has 0 aliphatic carbocycles. The smallest absolute Gasteiger partial charge is 0.330 e. The van der Waals surface area contributed by atoms with Gasteiger partial charge in [0.05, 0.1) is 6.61 Å². The van der Waals surface area contributed by atoms with Crippen molar-refractivity contribution in [2.75, 3.05) is 6.61 Å². The minimum absolute atomic E-state index is 0.00236. The number of phenols is 2. The van der Waals surface area contributed by atoms with E-state index in [1.807, 2.05) is 79.7 Å². The number of aromatic nitrogens is 6. The minimum Gasteiger partial charge on any atom is -0.505 e. The summed E-state index contributed by atoms with van der Waals surface area (Å²) in [4.78, 5) is 14.3. The molecule has 6 rings (SSSR count). The van der Waals surface area contributed by atoms with E-state index in [0.717, 1.165) is 17.2 Å². The number of rotatable bonds is 9. The maximum Gasteiger partial charge on any atom is 0.330 e. The number of aryl methyl sites for hydroxylation is 2. The number of carbonyl (C=O) groups is 1. The lowest BCUT2D eigenvalue weighted by Gasteiger charge is -2.15. The highest BCUT2D eigenvalue weighted by Gasteiger charge is 2.19. The fourth-order valence-corrected chi connectivity index (χ4v) is 4.94. The molecule has 0 saturated heterocycles. The van der Waals surface area contributed by atoms with Crippen LogP contribution in [0.5, 0.6) is 11.5 Å². The zero-order chi connectivity index (χ0) is 29.2. The van der Waals surface area contributed by atoms with Crippen molar-refractivity contribution < 1.29 is 19.7 Å². The number of carbonyl (C=O) groups excluding carboxylic acids is 1. The molecule has 210 valence electrons. The summed E-state index contributed by atoms with van der Waals surface area (Å²) < 4.78 is 5.14. The molecule has 4 aromatic carbocycles. The van der Waals surface area contributed by atoms with Gasteiger partial charge >= 0.3 is 5.97 Å². The Bertz CT molecular complexity index is 1890. The second-order valence-electron chi connectivity index (χ2n) is 10.0. The molecule has 2 aromatic heterocycles. The predicted octanol–water partition coefficient (Wildman–Crippen LogP) is 5.13. The third kappa shape index (κ3) is 5.29. The summed E-state index contributed by atoms with van der Waals surface area (Å²) in [5, 5.41) is 41.1. The molecule has 0 aliphatic rings. The van der Waals surface area contributed by atoms with E-state index in [2.05, 4.69) is 27.0 Å². The van der Waals surface area contributed by atoms with Gasteiger partial charge in [0.15, 0.2) is 0 Å². The van der Waals surface area contributed by atoms with E-state index in [9.17, 15) is 15.0 Å². The van der Waals surface area contributed by atoms with Gasteiger partial charge in [0.25, 0.3) is 0 Å². The summed E-state index contributed by atoms with van der Waals surface area (Å²) in [5.74, 6) is -0.450. The maximum atomic E-state index is 11.5. The summed E-state index contributed by atoms with van der Waals surface area (Å²) >= 11 is 0. The first-order chi connectivity index (χ1) is 20.4. The molecule has 0 unspecified atom stereocenters. The molecule has 0 bridgehead atoms. The Balaban J connectivity index is 1.39. The van der Waals surface area contributed by atoms with Crippen molar-refractivity contribution in [3.8, 4) is 22.9 Å². The molecule has 0 atom stereocenters. The van der Waals surface area contributed by atoms with Crippen LogP contribution < -0.4 is 0 Å². The van der Waals surface area contributed by atoms with Gasteiger partial charge in [-0.05, 0) is 67.3 Å². The lowest BCUT2D eigenvalue weighted by Crippen LogP contribution is -2.06. The number of fused-ring (bicyclic) bond motifs is 2. The van der Waals surface area contributed by atoms with Gasteiger partial charge in [0.1, 0.15) is 44.9 Å². The van der Waals surface area contributed by atoms with Crippen molar-refractivity contribution in [2.45, 2.75) is 26.2 Å². The first-order valence-electron chi connectivity index (χ1n) is 13.5. The van der Waals surface area contributed by atoms with Crippen LogP contribution in [0.2, 0.25) is 0 Å². The van der Waals surface area contributed by atoms with Gasteiger partial charge in [0, 0.05) is 23.6 Å². The maximum absolute atomic E-state index is 11.5. The van der Waals surface area contributed by atoms with E-state index in [-0.39, 0.29) is 24.5 Å². The summed E-state index contributed by atoms with van der Waals surface area (Å²) in [6.07, 6.45) is 2.49. The number of ether oxygens (including phenoxy) is 1. The van der Waals surface area contributed by atoms with Crippen LogP contribution in [0.3, 0.4) is 0 Å². The zero-order valence-electron chi connectivity index (χ0n) is 22.9. The van der Waals surface area contributed by atoms with Crippen molar-refractivity contribution in [2.24, 2.45) is 0 Å². The summed E-state index contributed by atoms with van der Waals surface area (Å²) in [6.45, 7) is 5.58. The van der Waals surface area contributed by atoms with E-state index in [0.29, 0.717) is 57.4 Å². The largest absolute Gasteiger partial charge is 0.505 e. The van der Waals surface area contributed by atoms with Crippen molar-refractivity contribution >= 4 is 28.0 Å². The number of hydrogen-bond donors (Lipinski definition) is 2. The number of phenolic OH excluding ortho intramolecular Hbond substituents is 2. The molecular formula is C32H28N6O4. The van der Waals surface area contributed by atoms with Crippen LogP contribution in [0.4, 0.5) is 0 Å². The SMILES string of the molecule is C=CC(=O)OCCCc1cc(Cc2cc(C)cc(-n3nc4ccccc4n3)c2O)c(O)c(-n2nc3ccccc3n2)c1. The molecule has 10 heteroatoms. The number of hydrogen-bond acceptors (Lipinski definition) is 8. The Kier molecular flexibility index (Phi) is 7.10. The molecule has 0 fully saturated rings. The molecule has 0 spiro atoms. The molecule has 0 saturated carbocycles. The Hall–Kier alpha value is -5.51. The third-order valence-corrected chi connectivity index (χ3v) is 6.95. The minimum atomic E-state index is -0.472. The highest BCUT2D eigenvalue weighted by molar-refractivity contribution is 5.81. The molecule has 42 heavy (non-hydrogen) atoms. The van der Waals surface area contributed by atoms with Gasteiger partial charge < -0.3 is 14.9 Å². The predicted molar refractivity (Wildman–Crippen MR) is 158 cm³/mol. The lowest BCUT2D eigenvalue weighted by molar-refractivity contribution is -0.137. The van der Waals surface area contributed by atoms with Crippen LogP contribution >= 0.6 is 0 Å². The number of nitrogens with zero attached hydrogens (tertiary/aromatic N) is 6. The van der Waals surface area contributed by atoms with E-state index in [4.69, 9.17) is 4.74 Å². The van der Waals surface area contributed by atoms with Gasteiger partial charge in [-0.2, -0.15) is 0 Å². The Morgan fingerprint density at radius 1 is 0.810 bits per heavy atom. The molecule has 2 heterocycles. The van der Waals surface area contributed by atoms with Crippen LogP contribution in [-0.4, -0.2) is 52.8 Å². The van der Waals surface area contributed by atoms with E-state index in [1.54, 1.807) is 0 Å². The average Bonchev–Trinajstić information content (AvgIpc) is 3.62. The average molecular weight is 561 g/mol. The van der Waals surface area contributed by atoms with Gasteiger partial charge in [-0.25, -0.2) is 4.79 Å². The second-order valence-corrected chi connectivity index (χ2v) is 10.0. The number of aromatic hydroxyl groups is 2. The summed E-state index contributed by atoms with van der Waals surface area (Å²) in [7, 11) is 0. The summed E-state index contributed by atoms with van der Waals surface area (Å²) in [6, 6.07) is 22.4. The van der Waals surface area contributed by atoms with Gasteiger partial charge in [-0.15, -0.1) is 30.0 Å². The third-order valence-electron chi connectivity index (χ3n) is 6.95. The molecule has 6 aromatic rings. The molecular weight excluding hydrogens is 532 g/mol. The second kappa shape index (κ2) is 11.2. The fourth-order valence-electron chi connectivity index (χ4n) is 4.94.